The molecule has 3 heterocycles. The normalized spacial score (nSPS) is 11.1. The van der Waals surface area contributed by atoms with Crippen LogP contribution in [-0.2, 0) is 7.05 Å². The molecule has 24 heavy (non-hydrogen) atoms. The Hall–Kier alpha value is -2.84. The zero-order valence-corrected chi connectivity index (χ0v) is 14.0. The van der Waals surface area contributed by atoms with Gasteiger partial charge >= 0.3 is 0 Å². The smallest absolute Gasteiger partial charge is 0.271 e. The van der Waals surface area contributed by atoms with Crippen LogP contribution >= 0.6 is 11.3 Å². The molecule has 0 saturated heterocycles. The number of aryl methyl sites for hydroxylation is 2. The summed E-state index contributed by atoms with van der Waals surface area (Å²) in [6.07, 6.45) is 1.73. The summed E-state index contributed by atoms with van der Waals surface area (Å²) >= 11 is 1.55. The van der Waals surface area contributed by atoms with Crippen molar-refractivity contribution in [3.8, 4) is 11.3 Å². The number of nitrogens with zero attached hydrogens (tertiary/aromatic N) is 3. The quantitative estimate of drug-likeness (QED) is 0.357. The Bertz CT molecular complexity index is 1150. The van der Waals surface area contributed by atoms with E-state index in [0.717, 1.165) is 37.1 Å². The summed E-state index contributed by atoms with van der Waals surface area (Å²) in [6, 6.07) is 10.8. The average molecular weight is 334 g/mol. The van der Waals surface area contributed by atoms with E-state index in [9.17, 15) is 4.39 Å². The van der Waals surface area contributed by atoms with Crippen LogP contribution in [0.25, 0.3) is 36.4 Å². The summed E-state index contributed by atoms with van der Waals surface area (Å²) < 4.78 is 16.8. The third-order valence-corrected chi connectivity index (χ3v) is 5.32. The maximum Gasteiger partial charge on any atom is 0.271 e. The molecule has 0 unspecified atom stereocenters. The molecule has 0 bridgehead atoms. The second-order valence-electron chi connectivity index (χ2n) is 5.71. The standard InChI is InChI=1S/C19H13FN3S/c1-11-4-5-13-14-6-7-16(21-2)22-19(14)24-18(13)17(11)15-10-12(20)8-9-23(15)3/h4-10H,1,3H3/q+1. The van der Waals surface area contributed by atoms with Crippen molar-refractivity contribution in [3.05, 3.63) is 65.4 Å². The van der Waals surface area contributed by atoms with Gasteiger partial charge in [-0.1, -0.05) is 36.1 Å². The first-order valence-corrected chi connectivity index (χ1v) is 8.26. The molecule has 0 atom stereocenters. The number of aromatic nitrogens is 2. The Morgan fingerprint density at radius 1 is 1.17 bits per heavy atom. The SMILES string of the molecule is [C-]#[N+]c1ccc2c(n1)sc1c(-c3cc(F)cc[n+]3C)c(C)ccc12. The van der Waals surface area contributed by atoms with Crippen molar-refractivity contribution in [2.45, 2.75) is 6.92 Å². The van der Waals surface area contributed by atoms with Gasteiger partial charge in [-0.3, -0.25) is 0 Å². The van der Waals surface area contributed by atoms with E-state index in [1.165, 1.54) is 6.07 Å². The summed E-state index contributed by atoms with van der Waals surface area (Å²) in [5.74, 6) is 0.137. The molecule has 5 heteroatoms. The number of fused-ring (bicyclic) bond motifs is 3. The molecule has 3 aromatic heterocycles. The Kier molecular flexibility index (Phi) is 3.29. The van der Waals surface area contributed by atoms with Crippen LogP contribution in [0.1, 0.15) is 5.56 Å². The summed E-state index contributed by atoms with van der Waals surface area (Å²) in [4.78, 5) is 8.66. The summed E-state index contributed by atoms with van der Waals surface area (Å²) in [5.41, 5.74) is 2.93. The number of pyridine rings is 2. The Balaban J connectivity index is 2.13. The van der Waals surface area contributed by atoms with Gasteiger partial charge in [0.15, 0.2) is 6.20 Å². The van der Waals surface area contributed by atoms with Gasteiger partial charge in [0.05, 0.1) is 10.3 Å². The van der Waals surface area contributed by atoms with Crippen LogP contribution in [0, 0.1) is 19.3 Å². The Labute approximate surface area is 142 Å². The molecule has 0 radical (unpaired) electrons. The summed E-state index contributed by atoms with van der Waals surface area (Å²) in [7, 11) is 1.91. The molecule has 0 amide bonds. The van der Waals surface area contributed by atoms with E-state index < -0.39 is 0 Å². The minimum Gasteiger partial charge on any atom is -0.361 e. The van der Waals surface area contributed by atoms with Crippen molar-refractivity contribution in [1.29, 1.82) is 0 Å². The van der Waals surface area contributed by atoms with Gasteiger partial charge in [0.25, 0.3) is 5.82 Å². The van der Waals surface area contributed by atoms with Gasteiger partial charge in [-0.05, 0) is 18.6 Å². The maximum absolute atomic E-state index is 13.8. The molecule has 0 aliphatic heterocycles. The largest absolute Gasteiger partial charge is 0.361 e. The van der Waals surface area contributed by atoms with Gasteiger partial charge in [-0.2, -0.15) is 0 Å². The van der Waals surface area contributed by atoms with Gasteiger partial charge in [0, 0.05) is 22.9 Å². The van der Waals surface area contributed by atoms with E-state index in [1.807, 2.05) is 24.6 Å². The summed E-state index contributed by atoms with van der Waals surface area (Å²) in [6.45, 7) is 9.17. The van der Waals surface area contributed by atoms with Crippen LogP contribution in [0.4, 0.5) is 10.2 Å². The highest BCUT2D eigenvalue weighted by atomic mass is 32.1. The molecule has 4 aromatic rings. The molecule has 3 nitrogen and oxygen atoms in total. The lowest BCUT2D eigenvalue weighted by Gasteiger charge is -2.06. The van der Waals surface area contributed by atoms with Crippen molar-refractivity contribution >= 4 is 37.5 Å². The third-order valence-electron chi connectivity index (χ3n) is 4.18. The second-order valence-corrected chi connectivity index (χ2v) is 6.71. The number of hydrogen-bond donors (Lipinski definition) is 0. The number of rotatable bonds is 1. The lowest BCUT2D eigenvalue weighted by Crippen LogP contribution is -2.30. The van der Waals surface area contributed by atoms with Crippen molar-refractivity contribution < 1.29 is 8.96 Å². The van der Waals surface area contributed by atoms with Gasteiger partial charge in [-0.15, -0.1) is 4.98 Å². The minimum atomic E-state index is -0.256. The first kappa shape index (κ1) is 14.7. The van der Waals surface area contributed by atoms with Gasteiger partial charge in [0.2, 0.25) is 10.5 Å². The van der Waals surface area contributed by atoms with E-state index in [1.54, 1.807) is 29.7 Å². The zero-order valence-electron chi connectivity index (χ0n) is 13.2. The average Bonchev–Trinajstić information content (AvgIpc) is 2.94. The third kappa shape index (κ3) is 2.15. The minimum absolute atomic E-state index is 0.256. The molecular formula is C19H13FN3S+. The van der Waals surface area contributed by atoms with Crippen molar-refractivity contribution in [2.75, 3.05) is 0 Å². The predicted octanol–water partition coefficient (Wildman–Crippen LogP) is 4.94. The number of thiophene rings is 1. The molecule has 0 aliphatic rings. The number of halogens is 1. The summed E-state index contributed by atoms with van der Waals surface area (Å²) in [5, 5.41) is 2.12. The van der Waals surface area contributed by atoms with Crippen LogP contribution < -0.4 is 4.57 Å². The second kappa shape index (κ2) is 5.36. The fraction of sp³-hybridized carbons (Fsp3) is 0.105. The molecule has 1 aromatic carbocycles. The van der Waals surface area contributed by atoms with E-state index in [0.29, 0.717) is 5.82 Å². The van der Waals surface area contributed by atoms with Crippen LogP contribution in [0.2, 0.25) is 0 Å². The molecule has 0 N–H and O–H groups in total. The molecule has 0 aliphatic carbocycles. The molecule has 0 saturated carbocycles. The topological polar surface area (TPSA) is 21.1 Å². The van der Waals surface area contributed by atoms with Gasteiger partial charge in [0.1, 0.15) is 12.9 Å². The first-order chi connectivity index (χ1) is 11.6. The highest BCUT2D eigenvalue weighted by molar-refractivity contribution is 7.26. The van der Waals surface area contributed by atoms with Crippen LogP contribution in [0.15, 0.2) is 42.6 Å². The molecule has 116 valence electrons. The number of hydrogen-bond acceptors (Lipinski definition) is 2. The van der Waals surface area contributed by atoms with Crippen LogP contribution in [-0.4, -0.2) is 4.98 Å². The highest BCUT2D eigenvalue weighted by Gasteiger charge is 2.21. The van der Waals surface area contributed by atoms with Gasteiger partial charge in [-0.25, -0.2) is 8.96 Å². The maximum atomic E-state index is 13.8. The molecule has 0 spiro atoms. The van der Waals surface area contributed by atoms with E-state index in [2.05, 4.69) is 22.0 Å². The van der Waals surface area contributed by atoms with Crippen LogP contribution in [0.5, 0.6) is 0 Å². The Morgan fingerprint density at radius 3 is 2.75 bits per heavy atom. The van der Waals surface area contributed by atoms with E-state index in [-0.39, 0.29) is 5.82 Å². The zero-order chi connectivity index (χ0) is 16.8. The molecular weight excluding hydrogens is 321 g/mol. The van der Waals surface area contributed by atoms with Crippen molar-refractivity contribution in [1.82, 2.24) is 4.98 Å². The van der Waals surface area contributed by atoms with E-state index in [4.69, 9.17) is 6.57 Å². The van der Waals surface area contributed by atoms with Crippen LogP contribution in [0.3, 0.4) is 0 Å². The first-order valence-electron chi connectivity index (χ1n) is 7.44. The van der Waals surface area contributed by atoms with E-state index >= 15 is 0 Å². The molecule has 0 fully saturated rings. The lowest BCUT2D eigenvalue weighted by atomic mass is 10.0. The fourth-order valence-electron chi connectivity index (χ4n) is 2.98. The number of benzene rings is 1. The molecule has 4 rings (SSSR count). The fourth-order valence-corrected chi connectivity index (χ4v) is 4.26. The predicted molar refractivity (Wildman–Crippen MR) is 94.7 cm³/mol. The lowest BCUT2D eigenvalue weighted by molar-refractivity contribution is -0.660. The highest BCUT2D eigenvalue weighted by Crippen LogP contribution is 2.40. The Morgan fingerprint density at radius 2 is 1.96 bits per heavy atom. The van der Waals surface area contributed by atoms with Crippen molar-refractivity contribution in [3.63, 3.8) is 0 Å². The van der Waals surface area contributed by atoms with Crippen molar-refractivity contribution in [2.24, 2.45) is 7.05 Å². The van der Waals surface area contributed by atoms with Gasteiger partial charge < -0.3 is 4.85 Å². The monoisotopic (exact) mass is 334 g/mol.